The second-order valence-corrected chi connectivity index (χ2v) is 7.55. The van der Waals surface area contributed by atoms with Gasteiger partial charge in [-0.2, -0.15) is 4.98 Å². The number of thiazole rings is 1. The van der Waals surface area contributed by atoms with Gasteiger partial charge in [0, 0.05) is 29.0 Å². The largest absolute Gasteiger partial charge is 0.326 e. The van der Waals surface area contributed by atoms with Crippen molar-refractivity contribution in [2.45, 2.75) is 27.7 Å². The zero-order valence-electron chi connectivity index (χ0n) is 14.5. The number of aromatic nitrogens is 3. The number of nitrogens with zero attached hydrogens (tertiary/aromatic N) is 3. The van der Waals surface area contributed by atoms with Gasteiger partial charge in [-0.05, 0) is 12.1 Å². The van der Waals surface area contributed by atoms with Crippen LogP contribution in [0, 0.1) is 5.41 Å². The third-order valence-electron chi connectivity index (χ3n) is 3.49. The molecule has 0 radical (unpaired) electrons. The molecule has 0 aliphatic carbocycles. The maximum Gasteiger partial charge on any atom is 0.250 e. The first-order chi connectivity index (χ1) is 11.7. The highest BCUT2D eigenvalue weighted by Crippen LogP contribution is 2.27. The van der Waals surface area contributed by atoms with Gasteiger partial charge in [-0.15, -0.1) is 16.4 Å². The summed E-state index contributed by atoms with van der Waals surface area (Å²) >= 11 is 1.45. The lowest BCUT2D eigenvalue weighted by Gasteiger charge is -2.15. The number of amides is 2. The molecule has 0 fully saturated rings. The van der Waals surface area contributed by atoms with Gasteiger partial charge in [-0.3, -0.25) is 14.9 Å². The van der Waals surface area contributed by atoms with Gasteiger partial charge in [-0.25, -0.2) is 4.52 Å². The number of fused-ring (bicyclic) bond motifs is 1. The molecule has 7 nitrogen and oxygen atoms in total. The van der Waals surface area contributed by atoms with E-state index in [4.69, 9.17) is 0 Å². The number of carbonyl (C=O) groups is 2. The summed E-state index contributed by atoms with van der Waals surface area (Å²) < 4.78 is 1.70. The van der Waals surface area contributed by atoms with E-state index in [1.165, 1.54) is 18.3 Å². The van der Waals surface area contributed by atoms with Crippen molar-refractivity contribution in [3.8, 4) is 11.3 Å². The lowest BCUT2D eigenvalue weighted by atomic mass is 9.96. The van der Waals surface area contributed by atoms with Gasteiger partial charge >= 0.3 is 0 Å². The number of hydrogen-bond acceptors (Lipinski definition) is 5. The predicted octanol–water partition coefficient (Wildman–Crippen LogP) is 3.40. The summed E-state index contributed by atoms with van der Waals surface area (Å²) in [7, 11) is 0. The summed E-state index contributed by atoms with van der Waals surface area (Å²) in [6.45, 7) is 6.98. The average molecular weight is 357 g/mol. The van der Waals surface area contributed by atoms with Crippen LogP contribution in [0.15, 0.2) is 29.6 Å². The molecule has 0 aliphatic heterocycles. The van der Waals surface area contributed by atoms with Crippen LogP contribution in [-0.2, 0) is 9.59 Å². The van der Waals surface area contributed by atoms with Crippen molar-refractivity contribution in [3.05, 3.63) is 29.6 Å². The van der Waals surface area contributed by atoms with Crippen molar-refractivity contribution in [2.75, 3.05) is 10.6 Å². The molecule has 3 aromatic rings. The Bertz CT molecular complexity index is 934. The molecule has 0 spiro atoms. The maximum atomic E-state index is 12.1. The fraction of sp³-hybridized carbons (Fsp3) is 0.294. The molecule has 8 heteroatoms. The molecule has 2 N–H and O–H groups in total. The van der Waals surface area contributed by atoms with E-state index in [1.807, 2.05) is 50.4 Å². The van der Waals surface area contributed by atoms with E-state index in [9.17, 15) is 9.59 Å². The molecule has 0 aliphatic rings. The van der Waals surface area contributed by atoms with Crippen LogP contribution in [0.2, 0.25) is 0 Å². The quantitative estimate of drug-likeness (QED) is 0.752. The number of hydrogen-bond donors (Lipinski definition) is 2. The van der Waals surface area contributed by atoms with Crippen LogP contribution in [0.5, 0.6) is 0 Å². The summed E-state index contributed by atoms with van der Waals surface area (Å²) in [6.07, 6.45) is 0. The molecule has 0 saturated heterocycles. The molecular formula is C17H19N5O2S. The van der Waals surface area contributed by atoms with E-state index in [0.717, 1.165) is 16.9 Å². The van der Waals surface area contributed by atoms with Crippen LogP contribution in [0.4, 0.5) is 11.6 Å². The standard InChI is InChI=1S/C17H19N5O2S/c1-10(23)18-12-7-5-11(6-8-12)13-9-25-16-20-15(21-22(13)16)19-14(24)17(2,3)4/h5-9H,1-4H3,(H,18,23)(H,19,21,24). The molecule has 0 atom stereocenters. The van der Waals surface area contributed by atoms with E-state index >= 15 is 0 Å². The Hall–Kier alpha value is -2.74. The number of rotatable bonds is 3. The molecule has 0 saturated carbocycles. The second kappa shape index (κ2) is 6.29. The first-order valence-corrected chi connectivity index (χ1v) is 8.66. The van der Waals surface area contributed by atoms with Crippen molar-refractivity contribution in [2.24, 2.45) is 5.41 Å². The van der Waals surface area contributed by atoms with E-state index in [1.54, 1.807) is 4.52 Å². The van der Waals surface area contributed by atoms with Crippen LogP contribution < -0.4 is 10.6 Å². The van der Waals surface area contributed by atoms with Crippen molar-refractivity contribution in [3.63, 3.8) is 0 Å². The highest BCUT2D eigenvalue weighted by Gasteiger charge is 2.23. The molecule has 3 rings (SSSR count). The van der Waals surface area contributed by atoms with Crippen LogP contribution >= 0.6 is 11.3 Å². The maximum absolute atomic E-state index is 12.1. The predicted molar refractivity (Wildman–Crippen MR) is 98.7 cm³/mol. The Balaban J connectivity index is 1.88. The molecule has 2 heterocycles. The zero-order valence-corrected chi connectivity index (χ0v) is 15.3. The van der Waals surface area contributed by atoms with Gasteiger partial charge in [0.2, 0.25) is 22.7 Å². The van der Waals surface area contributed by atoms with Crippen LogP contribution in [-0.4, -0.2) is 26.4 Å². The van der Waals surface area contributed by atoms with Crippen LogP contribution in [0.25, 0.3) is 16.2 Å². The Kier molecular flexibility index (Phi) is 4.30. The highest BCUT2D eigenvalue weighted by molar-refractivity contribution is 7.15. The Morgan fingerprint density at radius 2 is 1.80 bits per heavy atom. The van der Waals surface area contributed by atoms with Gasteiger partial charge in [0.05, 0.1) is 5.69 Å². The fourth-order valence-electron chi connectivity index (χ4n) is 2.15. The summed E-state index contributed by atoms with van der Waals surface area (Å²) in [5.74, 6) is 0.0519. The monoisotopic (exact) mass is 357 g/mol. The van der Waals surface area contributed by atoms with Crippen molar-refractivity contribution in [1.29, 1.82) is 0 Å². The van der Waals surface area contributed by atoms with Crippen LogP contribution in [0.1, 0.15) is 27.7 Å². The van der Waals surface area contributed by atoms with Gasteiger partial charge in [0.1, 0.15) is 0 Å². The minimum atomic E-state index is -0.513. The summed E-state index contributed by atoms with van der Waals surface area (Å²) in [6, 6.07) is 7.47. The number of nitrogens with one attached hydrogen (secondary N) is 2. The Morgan fingerprint density at radius 1 is 1.12 bits per heavy atom. The summed E-state index contributed by atoms with van der Waals surface area (Å²) in [5, 5.41) is 11.8. The van der Waals surface area contributed by atoms with Crippen LogP contribution in [0.3, 0.4) is 0 Å². The zero-order chi connectivity index (χ0) is 18.2. The number of benzene rings is 1. The van der Waals surface area contributed by atoms with Gasteiger partial charge < -0.3 is 5.32 Å². The van der Waals surface area contributed by atoms with Gasteiger partial charge in [0.25, 0.3) is 0 Å². The molecule has 130 valence electrons. The minimum absolute atomic E-state index is 0.110. The lowest BCUT2D eigenvalue weighted by Crippen LogP contribution is -2.28. The second-order valence-electron chi connectivity index (χ2n) is 6.71. The van der Waals surface area contributed by atoms with Crippen molar-refractivity contribution >= 4 is 39.7 Å². The number of carbonyl (C=O) groups excluding carboxylic acids is 2. The Labute approximate surface area is 149 Å². The SMILES string of the molecule is CC(=O)Nc1ccc(-c2csc3nc(NC(=O)C(C)(C)C)nn23)cc1. The topological polar surface area (TPSA) is 88.4 Å². The molecule has 2 aromatic heterocycles. The molecule has 2 amide bonds. The fourth-order valence-corrected chi connectivity index (χ4v) is 2.98. The minimum Gasteiger partial charge on any atom is -0.326 e. The third kappa shape index (κ3) is 3.69. The molecule has 25 heavy (non-hydrogen) atoms. The molecule has 0 unspecified atom stereocenters. The van der Waals surface area contributed by atoms with E-state index in [0.29, 0.717) is 10.9 Å². The first-order valence-electron chi connectivity index (χ1n) is 7.78. The molecule has 0 bridgehead atoms. The third-order valence-corrected chi connectivity index (χ3v) is 4.31. The highest BCUT2D eigenvalue weighted by atomic mass is 32.1. The molecule has 1 aromatic carbocycles. The normalized spacial score (nSPS) is 11.5. The average Bonchev–Trinajstić information content (AvgIpc) is 3.06. The van der Waals surface area contributed by atoms with Gasteiger partial charge in [-0.1, -0.05) is 32.9 Å². The smallest absolute Gasteiger partial charge is 0.250 e. The van der Waals surface area contributed by atoms with Crippen molar-refractivity contribution in [1.82, 2.24) is 14.6 Å². The van der Waals surface area contributed by atoms with Crippen molar-refractivity contribution < 1.29 is 9.59 Å². The Morgan fingerprint density at radius 3 is 2.40 bits per heavy atom. The lowest BCUT2D eigenvalue weighted by molar-refractivity contribution is -0.123. The van der Waals surface area contributed by atoms with E-state index in [-0.39, 0.29) is 11.8 Å². The molecular weight excluding hydrogens is 338 g/mol. The summed E-state index contributed by atoms with van der Waals surface area (Å²) in [4.78, 5) is 28.2. The van der Waals surface area contributed by atoms with E-state index in [2.05, 4.69) is 20.7 Å². The summed E-state index contributed by atoms with van der Waals surface area (Å²) in [5.41, 5.74) is 2.04. The van der Waals surface area contributed by atoms with Gasteiger partial charge in [0.15, 0.2) is 0 Å². The van der Waals surface area contributed by atoms with E-state index < -0.39 is 5.41 Å². The first kappa shape index (κ1) is 17.1. The number of anilines is 2.